The zero-order chi connectivity index (χ0) is 17.2. The standard InChI is InChI=1S/C20H18BrN3O/c21-16-9-7-14(8-10-16)20(25)22-17-5-3-4-15(12-17)18-13-24-11-2-1-6-19(24)23-18/h3-5,7-10,12-13H,1-2,6,11H2,(H,22,25). The number of carbonyl (C=O) groups excluding carboxylic acids is 1. The predicted molar refractivity (Wildman–Crippen MR) is 103 cm³/mol. The molecule has 0 bridgehead atoms. The lowest BCUT2D eigenvalue weighted by molar-refractivity contribution is 0.102. The van der Waals surface area contributed by atoms with Crippen LogP contribution in [0.5, 0.6) is 0 Å². The van der Waals surface area contributed by atoms with Crippen LogP contribution >= 0.6 is 15.9 Å². The Morgan fingerprint density at radius 3 is 2.76 bits per heavy atom. The summed E-state index contributed by atoms with van der Waals surface area (Å²) >= 11 is 3.38. The normalized spacial score (nSPS) is 13.3. The van der Waals surface area contributed by atoms with Crippen LogP contribution in [0.1, 0.15) is 29.0 Å². The van der Waals surface area contributed by atoms with Gasteiger partial charge in [0, 0.05) is 40.4 Å². The molecule has 3 aromatic rings. The third-order valence-corrected chi connectivity index (χ3v) is 4.96. The monoisotopic (exact) mass is 395 g/mol. The highest BCUT2D eigenvalue weighted by atomic mass is 79.9. The van der Waals surface area contributed by atoms with Gasteiger partial charge >= 0.3 is 0 Å². The molecule has 1 N–H and O–H groups in total. The average Bonchev–Trinajstić information content (AvgIpc) is 3.07. The first-order valence-corrected chi connectivity index (χ1v) is 9.22. The van der Waals surface area contributed by atoms with Gasteiger partial charge in [0.1, 0.15) is 5.82 Å². The van der Waals surface area contributed by atoms with Crippen LogP contribution in [-0.2, 0) is 13.0 Å². The molecule has 126 valence electrons. The van der Waals surface area contributed by atoms with Crippen LogP contribution in [0.4, 0.5) is 5.69 Å². The van der Waals surface area contributed by atoms with Gasteiger partial charge in [0.25, 0.3) is 5.91 Å². The van der Waals surface area contributed by atoms with Crippen molar-refractivity contribution in [3.8, 4) is 11.3 Å². The van der Waals surface area contributed by atoms with Gasteiger partial charge in [0.15, 0.2) is 0 Å². The van der Waals surface area contributed by atoms with Crippen molar-refractivity contribution >= 4 is 27.5 Å². The molecule has 2 heterocycles. The molecule has 0 radical (unpaired) electrons. The van der Waals surface area contributed by atoms with E-state index < -0.39 is 0 Å². The Labute approximate surface area is 155 Å². The summed E-state index contributed by atoms with van der Waals surface area (Å²) < 4.78 is 3.20. The molecule has 5 heteroatoms. The van der Waals surface area contributed by atoms with Gasteiger partial charge in [-0.25, -0.2) is 4.98 Å². The molecule has 0 spiro atoms. The molecule has 1 amide bonds. The molecule has 0 fully saturated rings. The topological polar surface area (TPSA) is 46.9 Å². The van der Waals surface area contributed by atoms with E-state index in [1.807, 2.05) is 36.4 Å². The Hall–Kier alpha value is -2.40. The predicted octanol–water partition coefficient (Wildman–Crippen LogP) is 4.90. The number of nitrogens with zero attached hydrogens (tertiary/aromatic N) is 2. The van der Waals surface area contributed by atoms with Crippen molar-refractivity contribution in [2.24, 2.45) is 0 Å². The van der Waals surface area contributed by atoms with Crippen LogP contribution < -0.4 is 5.32 Å². The lowest BCUT2D eigenvalue weighted by Crippen LogP contribution is -2.11. The van der Waals surface area contributed by atoms with Crippen molar-refractivity contribution in [2.45, 2.75) is 25.8 Å². The fourth-order valence-corrected chi connectivity index (χ4v) is 3.38. The molecular weight excluding hydrogens is 378 g/mol. The van der Waals surface area contributed by atoms with E-state index in [-0.39, 0.29) is 5.91 Å². The highest BCUT2D eigenvalue weighted by Crippen LogP contribution is 2.25. The number of benzene rings is 2. The third-order valence-electron chi connectivity index (χ3n) is 4.43. The van der Waals surface area contributed by atoms with Crippen molar-refractivity contribution in [1.29, 1.82) is 0 Å². The summed E-state index contributed by atoms with van der Waals surface area (Å²) in [5.74, 6) is 1.04. The fraction of sp³-hybridized carbons (Fsp3) is 0.200. The Morgan fingerprint density at radius 2 is 1.96 bits per heavy atom. The first-order valence-electron chi connectivity index (χ1n) is 8.42. The number of halogens is 1. The Kier molecular flexibility index (Phi) is 4.40. The molecule has 2 aromatic carbocycles. The number of aromatic nitrogens is 2. The molecule has 0 aliphatic carbocycles. The molecule has 0 saturated heterocycles. The van der Waals surface area contributed by atoms with Gasteiger partial charge in [-0.15, -0.1) is 0 Å². The number of fused-ring (bicyclic) bond motifs is 1. The van der Waals surface area contributed by atoms with Gasteiger partial charge in [0.05, 0.1) is 5.69 Å². The summed E-state index contributed by atoms with van der Waals surface area (Å²) in [6.07, 6.45) is 5.58. The second-order valence-corrected chi connectivity index (χ2v) is 7.15. The second kappa shape index (κ2) is 6.84. The number of imidazole rings is 1. The van der Waals surface area contributed by atoms with E-state index in [2.05, 4.69) is 32.0 Å². The molecule has 0 atom stereocenters. The number of carbonyl (C=O) groups is 1. The molecule has 1 aromatic heterocycles. The van der Waals surface area contributed by atoms with E-state index in [1.165, 1.54) is 12.8 Å². The van der Waals surface area contributed by atoms with Crippen LogP contribution in [0.25, 0.3) is 11.3 Å². The molecule has 0 saturated carbocycles. The van der Waals surface area contributed by atoms with E-state index in [0.29, 0.717) is 5.56 Å². The van der Waals surface area contributed by atoms with E-state index in [1.54, 1.807) is 12.1 Å². The maximum atomic E-state index is 12.4. The van der Waals surface area contributed by atoms with E-state index in [4.69, 9.17) is 4.98 Å². The molecule has 25 heavy (non-hydrogen) atoms. The highest BCUT2D eigenvalue weighted by Gasteiger charge is 2.14. The molecule has 0 unspecified atom stereocenters. The summed E-state index contributed by atoms with van der Waals surface area (Å²) in [5, 5.41) is 2.96. The smallest absolute Gasteiger partial charge is 0.255 e. The number of aryl methyl sites for hydroxylation is 2. The van der Waals surface area contributed by atoms with Crippen LogP contribution in [0.2, 0.25) is 0 Å². The first-order chi connectivity index (χ1) is 12.2. The van der Waals surface area contributed by atoms with Crippen LogP contribution in [0.3, 0.4) is 0 Å². The van der Waals surface area contributed by atoms with Crippen LogP contribution in [0.15, 0.2) is 59.2 Å². The minimum atomic E-state index is -0.117. The van der Waals surface area contributed by atoms with E-state index in [9.17, 15) is 4.79 Å². The number of rotatable bonds is 3. The Balaban J connectivity index is 1.56. The maximum absolute atomic E-state index is 12.4. The van der Waals surface area contributed by atoms with E-state index in [0.717, 1.165) is 40.2 Å². The lowest BCUT2D eigenvalue weighted by Gasteiger charge is -2.11. The summed E-state index contributed by atoms with van der Waals surface area (Å²) in [6, 6.07) is 15.2. The van der Waals surface area contributed by atoms with Gasteiger partial charge < -0.3 is 9.88 Å². The van der Waals surface area contributed by atoms with Gasteiger partial charge in [-0.05, 0) is 49.2 Å². The summed E-state index contributed by atoms with van der Waals surface area (Å²) in [5.41, 5.74) is 3.40. The lowest BCUT2D eigenvalue weighted by atomic mass is 10.1. The Morgan fingerprint density at radius 1 is 1.12 bits per heavy atom. The highest BCUT2D eigenvalue weighted by molar-refractivity contribution is 9.10. The fourth-order valence-electron chi connectivity index (χ4n) is 3.11. The zero-order valence-corrected chi connectivity index (χ0v) is 15.3. The number of nitrogens with one attached hydrogen (secondary N) is 1. The number of amides is 1. The Bertz CT molecular complexity index is 891. The van der Waals surface area contributed by atoms with Crippen molar-refractivity contribution in [1.82, 2.24) is 9.55 Å². The number of hydrogen-bond acceptors (Lipinski definition) is 2. The van der Waals surface area contributed by atoms with Crippen LogP contribution in [-0.4, -0.2) is 15.5 Å². The minimum Gasteiger partial charge on any atom is -0.334 e. The molecule has 4 nitrogen and oxygen atoms in total. The largest absolute Gasteiger partial charge is 0.334 e. The minimum absolute atomic E-state index is 0.117. The SMILES string of the molecule is O=C(Nc1cccc(-c2cn3c(n2)CCCC3)c1)c1ccc(Br)cc1. The van der Waals surface area contributed by atoms with Gasteiger partial charge in [-0.3, -0.25) is 4.79 Å². The molecule has 1 aliphatic heterocycles. The van der Waals surface area contributed by atoms with Crippen molar-refractivity contribution < 1.29 is 4.79 Å². The quantitative estimate of drug-likeness (QED) is 0.685. The second-order valence-electron chi connectivity index (χ2n) is 6.23. The average molecular weight is 396 g/mol. The van der Waals surface area contributed by atoms with Crippen molar-refractivity contribution in [3.63, 3.8) is 0 Å². The first kappa shape index (κ1) is 16.1. The summed E-state index contributed by atoms with van der Waals surface area (Å²) in [4.78, 5) is 17.1. The number of anilines is 1. The number of hydrogen-bond donors (Lipinski definition) is 1. The molecular formula is C20H18BrN3O. The van der Waals surface area contributed by atoms with Gasteiger partial charge in [-0.1, -0.05) is 28.1 Å². The summed E-state index contributed by atoms with van der Waals surface area (Å²) in [6.45, 7) is 1.04. The summed E-state index contributed by atoms with van der Waals surface area (Å²) in [7, 11) is 0. The van der Waals surface area contributed by atoms with Gasteiger partial charge in [0.2, 0.25) is 0 Å². The molecule has 4 rings (SSSR count). The zero-order valence-electron chi connectivity index (χ0n) is 13.7. The third kappa shape index (κ3) is 3.51. The van der Waals surface area contributed by atoms with Crippen LogP contribution in [0, 0.1) is 0 Å². The van der Waals surface area contributed by atoms with Crippen molar-refractivity contribution in [3.05, 3.63) is 70.6 Å². The maximum Gasteiger partial charge on any atom is 0.255 e. The van der Waals surface area contributed by atoms with E-state index >= 15 is 0 Å². The van der Waals surface area contributed by atoms with Gasteiger partial charge in [-0.2, -0.15) is 0 Å². The van der Waals surface area contributed by atoms with Crippen molar-refractivity contribution in [2.75, 3.05) is 5.32 Å². The molecule has 1 aliphatic rings.